The number of fused-ring (bicyclic) bond motifs is 1. The van der Waals surface area contributed by atoms with E-state index in [-0.39, 0.29) is 5.56 Å². The molecule has 0 saturated carbocycles. The Morgan fingerprint density at radius 3 is 2.68 bits per heavy atom. The summed E-state index contributed by atoms with van der Waals surface area (Å²) in [4.78, 5) is 15.2. The van der Waals surface area contributed by atoms with Gasteiger partial charge in [0, 0.05) is 24.2 Å². The summed E-state index contributed by atoms with van der Waals surface area (Å²) in [5, 5.41) is 2.86. The van der Waals surface area contributed by atoms with Crippen LogP contribution < -0.4 is 10.1 Å². The number of benzene rings is 2. The molecule has 2 unspecified atom stereocenters. The van der Waals surface area contributed by atoms with Gasteiger partial charge in [0.2, 0.25) is 0 Å². The number of rotatable bonds is 5. The molecule has 2 atom stereocenters. The maximum atomic E-state index is 12.6. The first-order valence-electron chi connectivity index (χ1n) is 10.9. The Kier molecular flexibility index (Phi) is 6.51. The zero-order valence-electron chi connectivity index (χ0n) is 17.3. The first kappa shape index (κ1) is 21.7. The molecule has 2 saturated heterocycles. The smallest absolute Gasteiger partial charge is 0.406 e. The Hall–Kier alpha value is -2.54. The number of ether oxygens (including phenoxy) is 1. The highest BCUT2D eigenvalue weighted by Crippen LogP contribution is 2.39. The molecule has 0 spiro atoms. The van der Waals surface area contributed by atoms with E-state index >= 15 is 0 Å². The Morgan fingerprint density at radius 2 is 1.84 bits per heavy atom. The molecule has 7 heteroatoms. The molecule has 0 radical (unpaired) electrons. The van der Waals surface area contributed by atoms with Crippen LogP contribution in [-0.4, -0.2) is 29.8 Å². The Morgan fingerprint density at radius 1 is 1.03 bits per heavy atom. The lowest BCUT2D eigenvalue weighted by Crippen LogP contribution is -2.45. The monoisotopic (exact) mass is 432 g/mol. The molecule has 31 heavy (non-hydrogen) atoms. The standard InChI is InChI=1S/C24H27F3N2O2/c25-24(26,27)31-20-11-5-8-17(15-20)23(30)28-16-18-7-1-2-12-21(18)22-13-6-10-19-9-3-4-14-29(19)22/h1-2,5,7-8,11-12,15,19,22H,3-4,6,9-10,13-14,16H2,(H,28,30). The van der Waals surface area contributed by atoms with E-state index in [1.165, 1.54) is 55.9 Å². The van der Waals surface area contributed by atoms with Gasteiger partial charge in [-0.2, -0.15) is 0 Å². The number of carbonyl (C=O) groups is 1. The van der Waals surface area contributed by atoms with E-state index in [9.17, 15) is 18.0 Å². The van der Waals surface area contributed by atoms with Crippen LogP contribution in [0.2, 0.25) is 0 Å². The fraction of sp³-hybridized carbons (Fsp3) is 0.458. The minimum atomic E-state index is -4.79. The number of nitrogens with one attached hydrogen (secondary N) is 1. The number of piperidine rings is 2. The van der Waals surface area contributed by atoms with E-state index in [0.717, 1.165) is 24.6 Å². The van der Waals surface area contributed by atoms with Crippen molar-refractivity contribution in [2.45, 2.75) is 63.5 Å². The van der Waals surface area contributed by atoms with E-state index in [0.29, 0.717) is 18.6 Å². The van der Waals surface area contributed by atoms with Crippen molar-refractivity contribution >= 4 is 5.91 Å². The minimum Gasteiger partial charge on any atom is -0.406 e. The zero-order chi connectivity index (χ0) is 21.8. The Labute approximate surface area is 180 Å². The second kappa shape index (κ2) is 9.30. The van der Waals surface area contributed by atoms with Crippen LogP contribution in [-0.2, 0) is 6.54 Å². The van der Waals surface area contributed by atoms with Crippen molar-refractivity contribution in [3.8, 4) is 5.75 Å². The summed E-state index contributed by atoms with van der Waals surface area (Å²) in [5.74, 6) is -0.833. The molecule has 1 N–H and O–H groups in total. The molecule has 4 rings (SSSR count). The summed E-state index contributed by atoms with van der Waals surface area (Å²) in [7, 11) is 0. The molecule has 2 aromatic carbocycles. The SMILES string of the molecule is O=C(NCc1ccccc1C1CCCC2CCCCN21)c1cccc(OC(F)(F)F)c1. The average molecular weight is 432 g/mol. The van der Waals surface area contributed by atoms with Crippen molar-refractivity contribution in [2.24, 2.45) is 0 Å². The number of amides is 1. The van der Waals surface area contributed by atoms with Gasteiger partial charge in [-0.3, -0.25) is 9.69 Å². The summed E-state index contributed by atoms with van der Waals surface area (Å²) in [6, 6.07) is 14.3. The highest BCUT2D eigenvalue weighted by Gasteiger charge is 2.34. The Balaban J connectivity index is 1.46. The van der Waals surface area contributed by atoms with Gasteiger partial charge in [-0.15, -0.1) is 13.2 Å². The molecular formula is C24H27F3N2O2. The minimum absolute atomic E-state index is 0.132. The highest BCUT2D eigenvalue weighted by molar-refractivity contribution is 5.94. The van der Waals surface area contributed by atoms with Gasteiger partial charge in [0.25, 0.3) is 5.91 Å². The van der Waals surface area contributed by atoms with E-state index in [4.69, 9.17) is 0 Å². The number of alkyl halides is 3. The zero-order valence-corrected chi connectivity index (χ0v) is 17.3. The molecular weight excluding hydrogens is 405 g/mol. The van der Waals surface area contributed by atoms with Crippen LogP contribution in [0.15, 0.2) is 48.5 Å². The van der Waals surface area contributed by atoms with Crippen LogP contribution in [0.5, 0.6) is 5.75 Å². The van der Waals surface area contributed by atoms with Crippen molar-refractivity contribution in [1.29, 1.82) is 0 Å². The normalized spacial score (nSPS) is 21.9. The maximum Gasteiger partial charge on any atom is 0.573 e. The molecule has 2 aliphatic rings. The van der Waals surface area contributed by atoms with Gasteiger partial charge in [-0.1, -0.05) is 36.8 Å². The number of carbonyl (C=O) groups excluding carboxylic acids is 1. The third kappa shape index (κ3) is 5.39. The quantitative estimate of drug-likeness (QED) is 0.669. The van der Waals surface area contributed by atoms with Gasteiger partial charge in [0.15, 0.2) is 0 Å². The lowest BCUT2D eigenvalue weighted by Gasteiger charge is -2.45. The van der Waals surface area contributed by atoms with Crippen LogP contribution in [0.3, 0.4) is 0 Å². The van der Waals surface area contributed by atoms with Gasteiger partial charge < -0.3 is 10.1 Å². The fourth-order valence-electron chi connectivity index (χ4n) is 4.92. The summed E-state index contributed by atoms with van der Waals surface area (Å²) in [6.45, 7) is 1.44. The van der Waals surface area contributed by atoms with Gasteiger partial charge in [0.1, 0.15) is 5.75 Å². The lowest BCUT2D eigenvalue weighted by atomic mass is 9.84. The average Bonchev–Trinajstić information content (AvgIpc) is 2.76. The second-order valence-corrected chi connectivity index (χ2v) is 8.29. The van der Waals surface area contributed by atoms with Crippen LogP contribution in [0.4, 0.5) is 13.2 Å². The molecule has 0 aromatic heterocycles. The summed E-state index contributed by atoms with van der Waals surface area (Å²) < 4.78 is 41.3. The van der Waals surface area contributed by atoms with Crippen molar-refractivity contribution < 1.29 is 22.7 Å². The van der Waals surface area contributed by atoms with E-state index in [1.54, 1.807) is 0 Å². The molecule has 1 amide bonds. The number of nitrogens with zero attached hydrogens (tertiary/aromatic N) is 1. The van der Waals surface area contributed by atoms with Crippen molar-refractivity contribution in [3.05, 3.63) is 65.2 Å². The Bertz CT molecular complexity index is 914. The predicted molar refractivity (Wildman–Crippen MR) is 112 cm³/mol. The largest absolute Gasteiger partial charge is 0.573 e. The van der Waals surface area contributed by atoms with Crippen LogP contribution >= 0.6 is 0 Å². The predicted octanol–water partition coefficient (Wildman–Crippen LogP) is 5.59. The highest BCUT2D eigenvalue weighted by atomic mass is 19.4. The lowest BCUT2D eigenvalue weighted by molar-refractivity contribution is -0.274. The van der Waals surface area contributed by atoms with Gasteiger partial charge in [-0.25, -0.2) is 0 Å². The number of hydrogen-bond donors (Lipinski definition) is 1. The van der Waals surface area contributed by atoms with Crippen LogP contribution in [0.25, 0.3) is 0 Å². The molecule has 2 aromatic rings. The van der Waals surface area contributed by atoms with E-state index < -0.39 is 18.0 Å². The van der Waals surface area contributed by atoms with Crippen LogP contribution in [0, 0.1) is 0 Å². The molecule has 4 nitrogen and oxygen atoms in total. The third-order valence-corrected chi connectivity index (χ3v) is 6.27. The first-order chi connectivity index (χ1) is 14.9. The number of halogens is 3. The van der Waals surface area contributed by atoms with Gasteiger partial charge >= 0.3 is 6.36 Å². The fourth-order valence-corrected chi connectivity index (χ4v) is 4.92. The molecule has 2 aliphatic heterocycles. The van der Waals surface area contributed by atoms with Gasteiger partial charge in [-0.05, 0) is 68.0 Å². The van der Waals surface area contributed by atoms with Crippen LogP contribution in [0.1, 0.15) is 66.1 Å². The van der Waals surface area contributed by atoms with E-state index in [1.807, 2.05) is 18.2 Å². The first-order valence-corrected chi connectivity index (χ1v) is 10.9. The molecule has 0 bridgehead atoms. The van der Waals surface area contributed by atoms with Gasteiger partial charge in [0.05, 0.1) is 0 Å². The third-order valence-electron chi connectivity index (χ3n) is 6.27. The summed E-state index contributed by atoms with van der Waals surface area (Å²) in [6.07, 6.45) is 2.56. The number of hydrogen-bond acceptors (Lipinski definition) is 3. The molecule has 2 fully saturated rings. The molecule has 0 aliphatic carbocycles. The van der Waals surface area contributed by atoms with Crippen molar-refractivity contribution in [1.82, 2.24) is 10.2 Å². The van der Waals surface area contributed by atoms with Crippen molar-refractivity contribution in [3.63, 3.8) is 0 Å². The van der Waals surface area contributed by atoms with Crippen molar-refractivity contribution in [2.75, 3.05) is 6.54 Å². The summed E-state index contributed by atoms with van der Waals surface area (Å²) >= 11 is 0. The molecule has 2 heterocycles. The summed E-state index contributed by atoms with van der Waals surface area (Å²) in [5.41, 5.74) is 2.42. The van der Waals surface area contributed by atoms with E-state index in [2.05, 4.69) is 21.0 Å². The molecule has 166 valence electrons. The topological polar surface area (TPSA) is 41.6 Å². The second-order valence-electron chi connectivity index (χ2n) is 8.29. The maximum absolute atomic E-state index is 12.6.